The second-order valence-electron chi connectivity index (χ2n) is 3.88. The van der Waals surface area contributed by atoms with Crippen LogP contribution in [0.4, 0.5) is 0 Å². The summed E-state index contributed by atoms with van der Waals surface area (Å²) in [7, 11) is 1.83. The van der Waals surface area contributed by atoms with Crippen molar-refractivity contribution in [3.63, 3.8) is 0 Å². The molecule has 0 amide bonds. The Kier molecular flexibility index (Phi) is 4.71. The standard InChI is InChI=1S/C11H18N4O2/c1-8(3-4-12)14-10(11(16)17)5-9-6-13-7-15(9)2/h6-7,10,14H,1,3-5,12H2,2H3,(H,16,17). The predicted molar refractivity (Wildman–Crippen MR) is 64.3 cm³/mol. The zero-order chi connectivity index (χ0) is 12.8. The molecule has 1 unspecified atom stereocenters. The number of aryl methyl sites for hydroxylation is 1. The number of nitrogens with two attached hydrogens (primary N) is 1. The minimum Gasteiger partial charge on any atom is -0.480 e. The van der Waals surface area contributed by atoms with Gasteiger partial charge >= 0.3 is 5.97 Å². The summed E-state index contributed by atoms with van der Waals surface area (Å²) in [6.07, 6.45) is 4.22. The van der Waals surface area contributed by atoms with Gasteiger partial charge in [0.25, 0.3) is 0 Å². The number of hydrogen-bond donors (Lipinski definition) is 3. The van der Waals surface area contributed by atoms with Crippen LogP contribution in [0, 0.1) is 0 Å². The summed E-state index contributed by atoms with van der Waals surface area (Å²) in [5.41, 5.74) is 6.87. The second kappa shape index (κ2) is 6.05. The van der Waals surface area contributed by atoms with Crippen LogP contribution in [-0.2, 0) is 18.3 Å². The summed E-state index contributed by atoms with van der Waals surface area (Å²) in [5, 5.41) is 12.0. The summed E-state index contributed by atoms with van der Waals surface area (Å²) in [6.45, 7) is 4.19. The van der Waals surface area contributed by atoms with E-state index in [1.165, 1.54) is 0 Å². The fraction of sp³-hybridized carbons (Fsp3) is 0.455. The van der Waals surface area contributed by atoms with Crippen molar-refractivity contribution in [1.82, 2.24) is 14.9 Å². The first-order chi connectivity index (χ1) is 8.04. The lowest BCUT2D eigenvalue weighted by atomic mass is 10.1. The normalized spacial score (nSPS) is 12.1. The van der Waals surface area contributed by atoms with Crippen molar-refractivity contribution >= 4 is 5.97 Å². The highest BCUT2D eigenvalue weighted by Gasteiger charge is 2.19. The van der Waals surface area contributed by atoms with Gasteiger partial charge in [-0.1, -0.05) is 6.58 Å². The van der Waals surface area contributed by atoms with Crippen LogP contribution in [0.15, 0.2) is 24.8 Å². The number of rotatable bonds is 7. The summed E-state index contributed by atoms with van der Waals surface area (Å²) in [4.78, 5) is 15.1. The van der Waals surface area contributed by atoms with E-state index in [-0.39, 0.29) is 0 Å². The quantitative estimate of drug-likeness (QED) is 0.615. The molecule has 0 saturated heterocycles. The molecule has 1 rings (SSSR count). The van der Waals surface area contributed by atoms with Gasteiger partial charge in [0, 0.05) is 31.1 Å². The van der Waals surface area contributed by atoms with Gasteiger partial charge in [-0.25, -0.2) is 9.78 Å². The van der Waals surface area contributed by atoms with Crippen LogP contribution in [0.25, 0.3) is 0 Å². The lowest BCUT2D eigenvalue weighted by molar-refractivity contribution is -0.139. The number of hydrogen-bond acceptors (Lipinski definition) is 4. The van der Waals surface area contributed by atoms with Crippen LogP contribution in [0.2, 0.25) is 0 Å². The molecule has 0 aromatic carbocycles. The van der Waals surface area contributed by atoms with E-state index >= 15 is 0 Å². The zero-order valence-electron chi connectivity index (χ0n) is 9.89. The highest BCUT2D eigenvalue weighted by atomic mass is 16.4. The minimum absolute atomic E-state index is 0.357. The third-order valence-electron chi connectivity index (χ3n) is 2.45. The Morgan fingerprint density at radius 1 is 1.76 bits per heavy atom. The highest BCUT2D eigenvalue weighted by Crippen LogP contribution is 2.04. The Labute approximate surface area is 100 Å². The molecular formula is C11H18N4O2. The number of nitrogens with zero attached hydrogens (tertiary/aromatic N) is 2. The molecule has 4 N–H and O–H groups in total. The predicted octanol–water partition coefficient (Wildman–Crippen LogP) is -0.132. The lowest BCUT2D eigenvalue weighted by Gasteiger charge is -2.17. The molecule has 17 heavy (non-hydrogen) atoms. The molecule has 0 spiro atoms. The molecular weight excluding hydrogens is 220 g/mol. The molecule has 0 saturated carbocycles. The van der Waals surface area contributed by atoms with Gasteiger partial charge in [-0.3, -0.25) is 0 Å². The molecule has 1 aromatic heterocycles. The van der Waals surface area contributed by atoms with Crippen molar-refractivity contribution in [1.29, 1.82) is 0 Å². The Bertz CT molecular complexity index is 400. The Hall–Kier alpha value is -1.82. The third-order valence-corrected chi connectivity index (χ3v) is 2.45. The smallest absolute Gasteiger partial charge is 0.326 e. The summed E-state index contributed by atoms with van der Waals surface area (Å²) < 4.78 is 1.79. The SMILES string of the molecule is C=C(CCN)NC(Cc1cncn1C)C(=O)O. The number of aromatic nitrogens is 2. The molecule has 0 aliphatic heterocycles. The zero-order valence-corrected chi connectivity index (χ0v) is 9.89. The topological polar surface area (TPSA) is 93.2 Å². The molecule has 6 nitrogen and oxygen atoms in total. The largest absolute Gasteiger partial charge is 0.480 e. The maximum absolute atomic E-state index is 11.1. The van der Waals surface area contributed by atoms with E-state index in [1.807, 2.05) is 7.05 Å². The lowest BCUT2D eigenvalue weighted by Crippen LogP contribution is -2.38. The van der Waals surface area contributed by atoms with Gasteiger partial charge in [0.05, 0.1) is 6.33 Å². The van der Waals surface area contributed by atoms with Crippen molar-refractivity contribution < 1.29 is 9.90 Å². The molecule has 0 aliphatic carbocycles. The summed E-state index contributed by atoms with van der Waals surface area (Å²) >= 11 is 0. The molecule has 1 aromatic rings. The van der Waals surface area contributed by atoms with Gasteiger partial charge in [0.15, 0.2) is 0 Å². The molecule has 0 radical (unpaired) electrons. The van der Waals surface area contributed by atoms with Crippen LogP contribution < -0.4 is 11.1 Å². The van der Waals surface area contributed by atoms with Gasteiger partial charge in [-0.2, -0.15) is 0 Å². The number of carboxylic acid groups (broad SMARTS) is 1. The van der Waals surface area contributed by atoms with Crippen molar-refractivity contribution in [2.24, 2.45) is 12.8 Å². The van der Waals surface area contributed by atoms with E-state index < -0.39 is 12.0 Å². The van der Waals surface area contributed by atoms with E-state index in [0.717, 1.165) is 5.69 Å². The van der Waals surface area contributed by atoms with Crippen molar-refractivity contribution in [3.05, 3.63) is 30.5 Å². The van der Waals surface area contributed by atoms with Crippen molar-refractivity contribution in [2.45, 2.75) is 18.9 Å². The maximum atomic E-state index is 11.1. The molecule has 6 heteroatoms. The molecule has 1 heterocycles. The number of imidazole rings is 1. The molecule has 1 atom stereocenters. The first kappa shape index (κ1) is 13.2. The minimum atomic E-state index is -0.913. The number of nitrogens with one attached hydrogen (secondary N) is 1. The van der Waals surface area contributed by atoms with Gasteiger partial charge in [0.1, 0.15) is 6.04 Å². The number of carbonyl (C=O) groups is 1. The van der Waals surface area contributed by atoms with Crippen LogP contribution in [0.3, 0.4) is 0 Å². The van der Waals surface area contributed by atoms with Gasteiger partial charge < -0.3 is 20.7 Å². The molecule has 0 aliphatic rings. The number of carboxylic acids is 1. The first-order valence-electron chi connectivity index (χ1n) is 5.37. The van der Waals surface area contributed by atoms with Crippen LogP contribution in [0.1, 0.15) is 12.1 Å². The van der Waals surface area contributed by atoms with Gasteiger partial charge in [0.2, 0.25) is 0 Å². The van der Waals surface area contributed by atoms with E-state index in [0.29, 0.717) is 25.1 Å². The van der Waals surface area contributed by atoms with Crippen molar-refractivity contribution in [2.75, 3.05) is 6.54 Å². The van der Waals surface area contributed by atoms with E-state index in [2.05, 4.69) is 16.9 Å². The van der Waals surface area contributed by atoms with Crippen molar-refractivity contribution in [3.8, 4) is 0 Å². The van der Waals surface area contributed by atoms with Crippen LogP contribution in [-0.4, -0.2) is 33.2 Å². The summed E-state index contributed by atoms with van der Waals surface area (Å²) in [5.74, 6) is -0.913. The number of aliphatic carboxylic acids is 1. The van der Waals surface area contributed by atoms with Crippen LogP contribution in [0.5, 0.6) is 0 Å². The highest BCUT2D eigenvalue weighted by molar-refractivity contribution is 5.74. The fourth-order valence-corrected chi connectivity index (χ4v) is 1.48. The molecule has 0 fully saturated rings. The Balaban J connectivity index is 2.64. The van der Waals surface area contributed by atoms with E-state index in [9.17, 15) is 4.79 Å². The third kappa shape index (κ3) is 3.92. The van der Waals surface area contributed by atoms with E-state index in [4.69, 9.17) is 10.8 Å². The first-order valence-corrected chi connectivity index (χ1v) is 5.37. The molecule has 94 valence electrons. The van der Waals surface area contributed by atoms with Gasteiger partial charge in [-0.15, -0.1) is 0 Å². The summed E-state index contributed by atoms with van der Waals surface area (Å²) in [6, 6.07) is -0.704. The fourth-order valence-electron chi connectivity index (χ4n) is 1.48. The van der Waals surface area contributed by atoms with E-state index in [1.54, 1.807) is 17.1 Å². The van der Waals surface area contributed by atoms with Gasteiger partial charge in [-0.05, 0) is 13.0 Å². The average molecular weight is 238 g/mol. The Morgan fingerprint density at radius 3 is 2.94 bits per heavy atom. The second-order valence-corrected chi connectivity index (χ2v) is 3.88. The Morgan fingerprint density at radius 2 is 2.47 bits per heavy atom. The molecule has 0 bridgehead atoms. The average Bonchev–Trinajstić information content (AvgIpc) is 2.63. The monoisotopic (exact) mass is 238 g/mol. The van der Waals surface area contributed by atoms with Crippen LogP contribution >= 0.6 is 0 Å². The maximum Gasteiger partial charge on any atom is 0.326 e.